The molecule has 1 aliphatic heterocycles. The molecular formula is C23H29N5. The SMILES string of the molecule is CN(CCc1ccccn1)C1CCCN(Cc2cccn2-c2ccccn2)C1. The monoisotopic (exact) mass is 375 g/mol. The van der Waals surface area contributed by atoms with Crippen molar-refractivity contribution >= 4 is 0 Å². The van der Waals surface area contributed by atoms with Gasteiger partial charge in [-0.05, 0) is 62.8 Å². The lowest BCUT2D eigenvalue weighted by molar-refractivity contribution is 0.111. The van der Waals surface area contributed by atoms with E-state index in [-0.39, 0.29) is 0 Å². The molecule has 1 atom stereocenters. The molecule has 0 spiro atoms. The molecule has 1 aliphatic rings. The van der Waals surface area contributed by atoms with Crippen LogP contribution >= 0.6 is 0 Å². The van der Waals surface area contributed by atoms with Gasteiger partial charge in [-0.1, -0.05) is 12.1 Å². The van der Waals surface area contributed by atoms with Gasteiger partial charge in [0, 0.05) is 62.1 Å². The van der Waals surface area contributed by atoms with E-state index in [1.54, 1.807) is 0 Å². The Kier molecular flexibility index (Phi) is 6.14. The number of likely N-dealkylation sites (tertiary alicyclic amines) is 1. The summed E-state index contributed by atoms with van der Waals surface area (Å²) in [6.07, 6.45) is 9.38. The fourth-order valence-corrected chi connectivity index (χ4v) is 4.05. The molecule has 146 valence electrons. The molecule has 1 fully saturated rings. The van der Waals surface area contributed by atoms with Crippen LogP contribution in [-0.4, -0.2) is 57.1 Å². The predicted molar refractivity (Wildman–Crippen MR) is 112 cm³/mol. The summed E-state index contributed by atoms with van der Waals surface area (Å²) in [5.41, 5.74) is 2.48. The van der Waals surface area contributed by atoms with Gasteiger partial charge < -0.3 is 9.47 Å². The molecule has 28 heavy (non-hydrogen) atoms. The first kappa shape index (κ1) is 18.8. The fraction of sp³-hybridized carbons (Fsp3) is 0.391. The summed E-state index contributed by atoms with van der Waals surface area (Å²) in [5, 5.41) is 0. The van der Waals surface area contributed by atoms with Crippen LogP contribution in [0, 0.1) is 0 Å². The van der Waals surface area contributed by atoms with Crippen LogP contribution in [0.4, 0.5) is 0 Å². The Morgan fingerprint density at radius 3 is 2.68 bits per heavy atom. The minimum absolute atomic E-state index is 0.607. The molecule has 0 radical (unpaired) electrons. The van der Waals surface area contributed by atoms with Crippen molar-refractivity contribution in [3.8, 4) is 5.82 Å². The maximum Gasteiger partial charge on any atom is 0.136 e. The second-order valence-electron chi connectivity index (χ2n) is 7.64. The van der Waals surface area contributed by atoms with Gasteiger partial charge in [-0.3, -0.25) is 9.88 Å². The molecule has 5 heteroatoms. The zero-order chi connectivity index (χ0) is 19.2. The Hall–Kier alpha value is -2.50. The Morgan fingerprint density at radius 2 is 1.89 bits per heavy atom. The van der Waals surface area contributed by atoms with Crippen LogP contribution in [0.5, 0.6) is 0 Å². The first-order valence-corrected chi connectivity index (χ1v) is 10.2. The van der Waals surface area contributed by atoms with E-state index < -0.39 is 0 Å². The third-order valence-corrected chi connectivity index (χ3v) is 5.67. The lowest BCUT2D eigenvalue weighted by Gasteiger charge is -2.37. The number of piperidine rings is 1. The van der Waals surface area contributed by atoms with Gasteiger partial charge in [-0.25, -0.2) is 4.98 Å². The van der Waals surface area contributed by atoms with Crippen molar-refractivity contribution < 1.29 is 0 Å². The molecule has 4 rings (SSSR count). The van der Waals surface area contributed by atoms with E-state index in [2.05, 4.69) is 67.9 Å². The van der Waals surface area contributed by atoms with Crippen molar-refractivity contribution in [2.24, 2.45) is 0 Å². The minimum atomic E-state index is 0.607. The zero-order valence-electron chi connectivity index (χ0n) is 16.6. The first-order valence-electron chi connectivity index (χ1n) is 10.2. The van der Waals surface area contributed by atoms with E-state index in [9.17, 15) is 0 Å². The van der Waals surface area contributed by atoms with E-state index in [1.807, 2.05) is 30.6 Å². The van der Waals surface area contributed by atoms with E-state index in [0.29, 0.717) is 6.04 Å². The Balaban J connectivity index is 1.35. The summed E-state index contributed by atoms with van der Waals surface area (Å²) in [5.74, 6) is 0.989. The second-order valence-corrected chi connectivity index (χ2v) is 7.64. The number of rotatable bonds is 7. The topological polar surface area (TPSA) is 37.2 Å². The van der Waals surface area contributed by atoms with E-state index in [0.717, 1.165) is 38.4 Å². The van der Waals surface area contributed by atoms with Gasteiger partial charge in [0.05, 0.1) is 0 Å². The van der Waals surface area contributed by atoms with Gasteiger partial charge in [-0.15, -0.1) is 0 Å². The first-order chi connectivity index (χ1) is 13.8. The number of hydrogen-bond acceptors (Lipinski definition) is 4. The fourth-order valence-electron chi connectivity index (χ4n) is 4.05. The van der Waals surface area contributed by atoms with Crippen molar-refractivity contribution in [2.45, 2.75) is 31.8 Å². The number of aromatic nitrogens is 3. The smallest absolute Gasteiger partial charge is 0.136 e. The molecule has 1 saturated heterocycles. The lowest BCUT2D eigenvalue weighted by atomic mass is 10.0. The Labute approximate surface area is 167 Å². The largest absolute Gasteiger partial charge is 0.304 e. The molecule has 0 bridgehead atoms. The highest BCUT2D eigenvalue weighted by atomic mass is 15.2. The van der Waals surface area contributed by atoms with Crippen LogP contribution in [0.2, 0.25) is 0 Å². The van der Waals surface area contributed by atoms with Crippen molar-refractivity contribution in [3.63, 3.8) is 0 Å². The zero-order valence-corrected chi connectivity index (χ0v) is 16.6. The second kappa shape index (κ2) is 9.13. The molecule has 3 aromatic rings. The third-order valence-electron chi connectivity index (χ3n) is 5.67. The molecule has 1 unspecified atom stereocenters. The summed E-state index contributed by atoms with van der Waals surface area (Å²) >= 11 is 0. The molecule has 5 nitrogen and oxygen atoms in total. The van der Waals surface area contributed by atoms with E-state index in [1.165, 1.54) is 24.2 Å². The van der Waals surface area contributed by atoms with Gasteiger partial charge in [0.1, 0.15) is 5.82 Å². The van der Waals surface area contributed by atoms with Crippen LogP contribution in [0.15, 0.2) is 67.1 Å². The van der Waals surface area contributed by atoms with Crippen molar-refractivity contribution in [1.29, 1.82) is 0 Å². The minimum Gasteiger partial charge on any atom is -0.304 e. The molecule has 0 aromatic carbocycles. The highest BCUT2D eigenvalue weighted by Crippen LogP contribution is 2.19. The molecule has 4 heterocycles. The number of likely N-dealkylation sites (N-methyl/N-ethyl adjacent to an activating group) is 1. The van der Waals surface area contributed by atoms with Crippen molar-refractivity contribution in [3.05, 3.63) is 78.5 Å². The summed E-state index contributed by atoms with van der Waals surface area (Å²) in [7, 11) is 2.26. The summed E-state index contributed by atoms with van der Waals surface area (Å²) in [6, 6.07) is 17.2. The van der Waals surface area contributed by atoms with E-state index in [4.69, 9.17) is 0 Å². The molecule has 0 amide bonds. The van der Waals surface area contributed by atoms with Gasteiger partial charge in [0.15, 0.2) is 0 Å². The third kappa shape index (κ3) is 4.66. The molecule has 3 aromatic heterocycles. The van der Waals surface area contributed by atoms with Gasteiger partial charge in [-0.2, -0.15) is 0 Å². The van der Waals surface area contributed by atoms with Crippen LogP contribution in [0.1, 0.15) is 24.2 Å². The van der Waals surface area contributed by atoms with Gasteiger partial charge in [0.2, 0.25) is 0 Å². The van der Waals surface area contributed by atoms with Crippen molar-refractivity contribution in [2.75, 3.05) is 26.7 Å². The van der Waals surface area contributed by atoms with Crippen LogP contribution in [0.25, 0.3) is 5.82 Å². The maximum atomic E-state index is 4.50. The maximum absolute atomic E-state index is 4.50. The summed E-state index contributed by atoms with van der Waals surface area (Å²) in [4.78, 5) is 14.1. The summed E-state index contributed by atoms with van der Waals surface area (Å²) in [6.45, 7) is 4.30. The lowest BCUT2D eigenvalue weighted by Crippen LogP contribution is -2.46. The normalized spacial score (nSPS) is 17.9. The molecular weight excluding hydrogens is 346 g/mol. The van der Waals surface area contributed by atoms with E-state index >= 15 is 0 Å². The predicted octanol–water partition coefficient (Wildman–Crippen LogP) is 3.41. The number of pyridine rings is 2. The molecule has 0 saturated carbocycles. The number of nitrogens with zero attached hydrogens (tertiary/aromatic N) is 5. The van der Waals surface area contributed by atoms with Crippen molar-refractivity contribution in [1.82, 2.24) is 24.3 Å². The average Bonchev–Trinajstić information content (AvgIpc) is 3.21. The van der Waals surface area contributed by atoms with Crippen LogP contribution in [-0.2, 0) is 13.0 Å². The van der Waals surface area contributed by atoms with Gasteiger partial charge >= 0.3 is 0 Å². The Morgan fingerprint density at radius 1 is 1.04 bits per heavy atom. The standard InChI is InChI=1S/C23H29N5/c1-26(17-12-20-8-2-4-13-24-20)21-9-6-15-27(18-21)19-22-10-7-16-28(22)23-11-3-5-14-25-23/h2-5,7-8,10-11,13-14,16,21H,6,9,12,15,17-19H2,1H3. The highest BCUT2D eigenvalue weighted by Gasteiger charge is 2.23. The summed E-state index contributed by atoms with van der Waals surface area (Å²) < 4.78 is 2.20. The average molecular weight is 376 g/mol. The Bertz CT molecular complexity index is 846. The number of hydrogen-bond donors (Lipinski definition) is 0. The highest BCUT2D eigenvalue weighted by molar-refractivity contribution is 5.27. The van der Waals surface area contributed by atoms with Crippen LogP contribution < -0.4 is 0 Å². The molecule has 0 N–H and O–H groups in total. The van der Waals surface area contributed by atoms with Gasteiger partial charge in [0.25, 0.3) is 0 Å². The molecule has 0 aliphatic carbocycles. The quantitative estimate of drug-likeness (QED) is 0.634. The van der Waals surface area contributed by atoms with Crippen LogP contribution in [0.3, 0.4) is 0 Å².